The van der Waals surface area contributed by atoms with E-state index >= 15 is 0 Å². The van der Waals surface area contributed by atoms with Crippen molar-refractivity contribution in [2.75, 3.05) is 16.8 Å². The van der Waals surface area contributed by atoms with Crippen LogP contribution in [0.5, 0.6) is 0 Å². The van der Waals surface area contributed by atoms with Gasteiger partial charge in [-0.15, -0.1) is 0 Å². The first kappa shape index (κ1) is 16.2. The molecule has 0 bridgehead atoms. The van der Waals surface area contributed by atoms with Crippen LogP contribution in [0.1, 0.15) is 37.0 Å². The third-order valence-electron chi connectivity index (χ3n) is 3.99. The van der Waals surface area contributed by atoms with E-state index < -0.39 is 0 Å². The van der Waals surface area contributed by atoms with E-state index in [1.807, 2.05) is 6.07 Å². The van der Waals surface area contributed by atoms with E-state index in [0.29, 0.717) is 30.3 Å². The van der Waals surface area contributed by atoms with Crippen LogP contribution in [0.2, 0.25) is 0 Å². The van der Waals surface area contributed by atoms with Crippen molar-refractivity contribution in [3.8, 4) is 0 Å². The van der Waals surface area contributed by atoms with E-state index in [-0.39, 0.29) is 11.8 Å². The zero-order valence-corrected chi connectivity index (χ0v) is 14.0. The first-order valence-corrected chi connectivity index (χ1v) is 8.28. The molecule has 24 heavy (non-hydrogen) atoms. The minimum absolute atomic E-state index is 0.113. The van der Waals surface area contributed by atoms with Crippen molar-refractivity contribution in [2.24, 2.45) is 5.92 Å². The summed E-state index contributed by atoms with van der Waals surface area (Å²) in [5.41, 5.74) is 1.31. The maximum atomic E-state index is 12.5. The van der Waals surface area contributed by atoms with Crippen molar-refractivity contribution in [1.29, 1.82) is 0 Å². The Morgan fingerprint density at radius 1 is 1.33 bits per heavy atom. The largest absolute Gasteiger partial charge is 0.312 e. The van der Waals surface area contributed by atoms with E-state index in [1.54, 1.807) is 40.0 Å². The van der Waals surface area contributed by atoms with Gasteiger partial charge in [0.15, 0.2) is 0 Å². The lowest BCUT2D eigenvalue weighted by molar-refractivity contribution is -0.117. The summed E-state index contributed by atoms with van der Waals surface area (Å²) in [5.74, 6) is 1.03. The van der Waals surface area contributed by atoms with Crippen LogP contribution in [0.3, 0.4) is 0 Å². The van der Waals surface area contributed by atoms with Crippen LogP contribution in [0, 0.1) is 5.92 Å². The second-order valence-corrected chi connectivity index (χ2v) is 6.45. The Balaban J connectivity index is 1.76. The molecule has 126 valence electrons. The Labute approximate surface area is 141 Å². The predicted octanol–water partition coefficient (Wildman–Crippen LogP) is 2.92. The fraction of sp³-hybridized carbons (Fsp3) is 0.389. The van der Waals surface area contributed by atoms with Gasteiger partial charge in [0.2, 0.25) is 5.91 Å². The number of nitrogens with one attached hydrogen (secondary N) is 1. The molecule has 1 aliphatic rings. The highest BCUT2D eigenvalue weighted by Crippen LogP contribution is 2.22. The molecular formula is C18H22N4O2. The molecule has 1 saturated heterocycles. The molecule has 1 aromatic heterocycles. The Hall–Kier alpha value is -2.63. The number of amides is 2. The fourth-order valence-electron chi connectivity index (χ4n) is 2.85. The molecule has 0 spiro atoms. The van der Waals surface area contributed by atoms with Crippen molar-refractivity contribution in [1.82, 2.24) is 9.78 Å². The molecular weight excluding hydrogens is 304 g/mol. The van der Waals surface area contributed by atoms with E-state index in [2.05, 4.69) is 24.3 Å². The van der Waals surface area contributed by atoms with E-state index in [1.165, 1.54) is 0 Å². The number of aromatic nitrogens is 2. The van der Waals surface area contributed by atoms with Crippen LogP contribution in [0.4, 0.5) is 11.5 Å². The number of hydrogen-bond acceptors (Lipinski definition) is 3. The summed E-state index contributed by atoms with van der Waals surface area (Å²) < 4.78 is 1.79. The molecule has 0 atom stereocenters. The summed E-state index contributed by atoms with van der Waals surface area (Å²) in [7, 11) is 0. The number of carbonyl (C=O) groups excluding carboxylic acids is 2. The van der Waals surface area contributed by atoms with Gasteiger partial charge in [-0.05, 0) is 30.5 Å². The fourth-order valence-corrected chi connectivity index (χ4v) is 2.85. The molecule has 1 aliphatic heterocycles. The third kappa shape index (κ3) is 3.48. The highest BCUT2D eigenvalue weighted by atomic mass is 16.2. The molecule has 2 heterocycles. The minimum atomic E-state index is -0.200. The average molecular weight is 326 g/mol. The van der Waals surface area contributed by atoms with E-state index in [4.69, 9.17) is 0 Å². The van der Waals surface area contributed by atoms with Crippen molar-refractivity contribution in [3.05, 3.63) is 42.1 Å². The molecule has 2 aromatic rings. The average Bonchev–Trinajstić information content (AvgIpc) is 3.16. The van der Waals surface area contributed by atoms with Crippen LogP contribution in [0.15, 0.2) is 36.5 Å². The topological polar surface area (TPSA) is 67.2 Å². The van der Waals surface area contributed by atoms with Gasteiger partial charge in [-0.1, -0.05) is 19.9 Å². The number of benzene rings is 1. The van der Waals surface area contributed by atoms with Gasteiger partial charge >= 0.3 is 0 Å². The molecule has 0 aliphatic carbocycles. The van der Waals surface area contributed by atoms with Gasteiger partial charge in [0.1, 0.15) is 5.82 Å². The third-order valence-corrected chi connectivity index (χ3v) is 3.99. The van der Waals surface area contributed by atoms with Crippen LogP contribution >= 0.6 is 0 Å². The zero-order valence-electron chi connectivity index (χ0n) is 14.0. The number of carbonyl (C=O) groups is 2. The number of nitrogens with zero attached hydrogens (tertiary/aromatic N) is 3. The molecule has 6 heteroatoms. The standard InChI is InChI=1S/C18H22N4O2/c1-13(2)12-22-16(8-9-19-22)20-18(24)14-5-3-6-15(11-14)21-10-4-7-17(21)23/h3,5-6,8-9,11,13H,4,7,10,12H2,1-2H3,(H,20,24). The van der Waals surface area contributed by atoms with Gasteiger partial charge in [-0.3, -0.25) is 9.59 Å². The second-order valence-electron chi connectivity index (χ2n) is 6.45. The van der Waals surface area contributed by atoms with Gasteiger partial charge in [-0.2, -0.15) is 5.10 Å². The van der Waals surface area contributed by atoms with Gasteiger partial charge in [0.05, 0.1) is 6.20 Å². The normalized spacial score (nSPS) is 14.5. The lowest BCUT2D eigenvalue weighted by atomic mass is 10.1. The number of rotatable bonds is 5. The summed E-state index contributed by atoms with van der Waals surface area (Å²) >= 11 is 0. The zero-order chi connectivity index (χ0) is 17.1. The van der Waals surface area contributed by atoms with Gasteiger partial charge in [0, 0.05) is 36.8 Å². The summed E-state index contributed by atoms with van der Waals surface area (Å²) in [5, 5.41) is 7.14. The van der Waals surface area contributed by atoms with Crippen molar-refractivity contribution in [3.63, 3.8) is 0 Å². The molecule has 0 unspecified atom stereocenters. The maximum absolute atomic E-state index is 12.5. The van der Waals surface area contributed by atoms with Gasteiger partial charge in [-0.25, -0.2) is 4.68 Å². The van der Waals surface area contributed by atoms with Gasteiger partial charge in [0.25, 0.3) is 5.91 Å². The molecule has 6 nitrogen and oxygen atoms in total. The summed E-state index contributed by atoms with van der Waals surface area (Å²) in [6.45, 7) is 5.66. The maximum Gasteiger partial charge on any atom is 0.256 e. The molecule has 2 amide bonds. The van der Waals surface area contributed by atoms with Gasteiger partial charge < -0.3 is 10.2 Å². The molecule has 1 fully saturated rings. The Morgan fingerprint density at radius 2 is 2.17 bits per heavy atom. The van der Waals surface area contributed by atoms with Crippen LogP contribution in [-0.4, -0.2) is 28.1 Å². The van der Waals surface area contributed by atoms with Crippen LogP contribution < -0.4 is 10.2 Å². The second kappa shape index (κ2) is 6.86. The Morgan fingerprint density at radius 3 is 2.88 bits per heavy atom. The van der Waals surface area contributed by atoms with E-state index in [0.717, 1.165) is 18.7 Å². The minimum Gasteiger partial charge on any atom is -0.312 e. The van der Waals surface area contributed by atoms with Crippen molar-refractivity contribution >= 4 is 23.3 Å². The monoisotopic (exact) mass is 326 g/mol. The summed E-state index contributed by atoms with van der Waals surface area (Å²) in [6.07, 6.45) is 3.12. The number of hydrogen-bond donors (Lipinski definition) is 1. The highest BCUT2D eigenvalue weighted by molar-refractivity contribution is 6.05. The summed E-state index contributed by atoms with van der Waals surface area (Å²) in [6, 6.07) is 8.97. The quantitative estimate of drug-likeness (QED) is 0.918. The van der Waals surface area contributed by atoms with Crippen LogP contribution in [0.25, 0.3) is 0 Å². The van der Waals surface area contributed by atoms with Crippen molar-refractivity contribution in [2.45, 2.75) is 33.2 Å². The Kier molecular flexibility index (Phi) is 4.64. The highest BCUT2D eigenvalue weighted by Gasteiger charge is 2.22. The summed E-state index contributed by atoms with van der Waals surface area (Å²) in [4.78, 5) is 26.2. The first-order valence-electron chi connectivity index (χ1n) is 8.28. The van der Waals surface area contributed by atoms with E-state index in [9.17, 15) is 9.59 Å². The molecule has 1 N–H and O–H groups in total. The number of anilines is 2. The lowest BCUT2D eigenvalue weighted by Gasteiger charge is -2.16. The molecule has 0 radical (unpaired) electrons. The first-order chi connectivity index (χ1) is 11.5. The predicted molar refractivity (Wildman–Crippen MR) is 93.0 cm³/mol. The molecule has 0 saturated carbocycles. The van der Waals surface area contributed by atoms with Crippen molar-refractivity contribution < 1.29 is 9.59 Å². The van der Waals surface area contributed by atoms with Crippen LogP contribution in [-0.2, 0) is 11.3 Å². The smallest absolute Gasteiger partial charge is 0.256 e. The lowest BCUT2D eigenvalue weighted by Crippen LogP contribution is -2.24. The Bertz CT molecular complexity index is 751. The molecule has 3 rings (SSSR count). The SMILES string of the molecule is CC(C)Cn1nccc1NC(=O)c1cccc(N2CCCC2=O)c1. The molecule has 1 aromatic carbocycles.